The minimum absolute atomic E-state index is 0.120. The average molecular weight is 345 g/mol. The van der Waals surface area contributed by atoms with Crippen LogP contribution in [0.3, 0.4) is 0 Å². The molecule has 5 unspecified atom stereocenters. The van der Waals surface area contributed by atoms with Crippen molar-refractivity contribution in [2.24, 2.45) is 11.8 Å². The fourth-order valence-corrected chi connectivity index (χ4v) is 7.41. The second-order valence-electron chi connectivity index (χ2n) is 8.48. The SMILES string of the molecule is CNC1C(=O)N(C2CC3CCC(C3)C2)C2CCCC2c2ccsc21. The summed E-state index contributed by atoms with van der Waals surface area (Å²) in [5.41, 5.74) is 1.47. The quantitative estimate of drug-likeness (QED) is 0.877. The first-order valence-electron chi connectivity index (χ1n) is 9.83. The van der Waals surface area contributed by atoms with Gasteiger partial charge in [-0.1, -0.05) is 19.3 Å². The van der Waals surface area contributed by atoms with Crippen molar-refractivity contribution in [3.8, 4) is 0 Å². The summed E-state index contributed by atoms with van der Waals surface area (Å²) >= 11 is 1.78. The van der Waals surface area contributed by atoms with Crippen molar-refractivity contribution in [1.82, 2.24) is 10.2 Å². The fraction of sp³-hybridized carbons (Fsp3) is 0.750. The standard InChI is InChI=1S/C20H28N2OS/c1-21-18-19-16(7-8-24-19)15-3-2-4-17(15)22(20(18)23)14-10-12-5-6-13(9-12)11-14/h7-8,12-15,17-18,21H,2-6,9-11H2,1H3. The van der Waals surface area contributed by atoms with E-state index in [-0.39, 0.29) is 6.04 Å². The first-order chi connectivity index (χ1) is 11.8. The number of thiophene rings is 1. The smallest absolute Gasteiger partial charge is 0.245 e. The molecule has 5 atom stereocenters. The van der Waals surface area contributed by atoms with Crippen molar-refractivity contribution in [3.05, 3.63) is 21.9 Å². The zero-order valence-corrected chi connectivity index (χ0v) is 15.4. The maximum atomic E-state index is 13.6. The molecule has 2 heterocycles. The van der Waals surface area contributed by atoms with Crippen LogP contribution in [0.4, 0.5) is 0 Å². The van der Waals surface area contributed by atoms with Crippen molar-refractivity contribution in [2.75, 3.05) is 7.05 Å². The first kappa shape index (κ1) is 15.4. The number of nitrogens with zero attached hydrogens (tertiary/aromatic N) is 1. The molecule has 24 heavy (non-hydrogen) atoms. The van der Waals surface area contributed by atoms with Gasteiger partial charge in [0.05, 0.1) is 0 Å². The Morgan fingerprint density at radius 3 is 2.67 bits per heavy atom. The molecule has 3 saturated carbocycles. The van der Waals surface area contributed by atoms with Crippen LogP contribution >= 0.6 is 11.3 Å². The topological polar surface area (TPSA) is 32.3 Å². The summed E-state index contributed by atoms with van der Waals surface area (Å²) < 4.78 is 0. The van der Waals surface area contributed by atoms with Crippen molar-refractivity contribution >= 4 is 17.2 Å². The van der Waals surface area contributed by atoms with E-state index in [0.717, 1.165) is 11.8 Å². The van der Waals surface area contributed by atoms with Crippen LogP contribution in [0.15, 0.2) is 11.4 Å². The van der Waals surface area contributed by atoms with E-state index in [1.807, 2.05) is 7.05 Å². The maximum Gasteiger partial charge on any atom is 0.245 e. The molecule has 0 radical (unpaired) electrons. The second-order valence-corrected chi connectivity index (χ2v) is 9.43. The van der Waals surface area contributed by atoms with Gasteiger partial charge in [-0.3, -0.25) is 4.79 Å². The Bertz CT molecular complexity index is 629. The lowest BCUT2D eigenvalue weighted by Gasteiger charge is -2.42. The van der Waals surface area contributed by atoms with Gasteiger partial charge in [0.2, 0.25) is 5.91 Å². The van der Waals surface area contributed by atoms with Gasteiger partial charge in [0.15, 0.2) is 0 Å². The lowest BCUT2D eigenvalue weighted by atomic mass is 9.83. The van der Waals surface area contributed by atoms with E-state index in [2.05, 4.69) is 21.7 Å². The molecule has 2 bridgehead atoms. The molecule has 4 aliphatic rings. The lowest BCUT2D eigenvalue weighted by Crippen LogP contribution is -2.51. The van der Waals surface area contributed by atoms with Crippen LogP contribution in [-0.4, -0.2) is 29.9 Å². The molecule has 130 valence electrons. The zero-order valence-electron chi connectivity index (χ0n) is 14.5. The van der Waals surface area contributed by atoms with E-state index >= 15 is 0 Å². The van der Waals surface area contributed by atoms with Gasteiger partial charge in [-0.15, -0.1) is 11.3 Å². The van der Waals surface area contributed by atoms with Crippen molar-refractivity contribution < 1.29 is 4.79 Å². The summed E-state index contributed by atoms with van der Waals surface area (Å²) in [6, 6.07) is 3.13. The molecular formula is C20H28N2OS. The molecule has 0 aromatic carbocycles. The second kappa shape index (κ2) is 5.84. The van der Waals surface area contributed by atoms with Gasteiger partial charge in [-0.2, -0.15) is 0 Å². The number of nitrogens with one attached hydrogen (secondary N) is 1. The molecule has 1 aromatic rings. The minimum Gasteiger partial charge on any atom is -0.334 e. The van der Waals surface area contributed by atoms with E-state index in [4.69, 9.17) is 0 Å². The van der Waals surface area contributed by atoms with E-state index in [1.165, 1.54) is 61.8 Å². The number of fused-ring (bicyclic) bond motifs is 5. The lowest BCUT2D eigenvalue weighted by molar-refractivity contribution is -0.139. The van der Waals surface area contributed by atoms with Crippen LogP contribution in [0.25, 0.3) is 0 Å². The molecule has 1 N–H and O–H groups in total. The van der Waals surface area contributed by atoms with Crippen molar-refractivity contribution in [2.45, 2.75) is 75.4 Å². The predicted molar refractivity (Wildman–Crippen MR) is 97.2 cm³/mol. The van der Waals surface area contributed by atoms with Gasteiger partial charge in [0.25, 0.3) is 0 Å². The van der Waals surface area contributed by atoms with Crippen molar-refractivity contribution in [3.63, 3.8) is 0 Å². The van der Waals surface area contributed by atoms with E-state index in [0.29, 0.717) is 23.9 Å². The Hall–Kier alpha value is -0.870. The molecule has 3 aliphatic carbocycles. The molecule has 3 nitrogen and oxygen atoms in total. The monoisotopic (exact) mass is 344 g/mol. The molecular weight excluding hydrogens is 316 g/mol. The van der Waals surface area contributed by atoms with Gasteiger partial charge in [-0.05, 0) is 68.0 Å². The van der Waals surface area contributed by atoms with Crippen LogP contribution in [0.5, 0.6) is 0 Å². The first-order valence-corrected chi connectivity index (χ1v) is 10.7. The van der Waals surface area contributed by atoms with Crippen LogP contribution in [-0.2, 0) is 4.79 Å². The Morgan fingerprint density at radius 1 is 1.12 bits per heavy atom. The molecule has 0 spiro atoms. The molecule has 4 heteroatoms. The molecule has 0 saturated heterocycles. The van der Waals surface area contributed by atoms with E-state index in [9.17, 15) is 4.79 Å². The summed E-state index contributed by atoms with van der Waals surface area (Å²) in [5, 5.41) is 5.54. The number of carbonyl (C=O) groups excluding carboxylic acids is 1. The highest BCUT2D eigenvalue weighted by molar-refractivity contribution is 7.10. The number of hydrogen-bond acceptors (Lipinski definition) is 3. The van der Waals surface area contributed by atoms with Gasteiger partial charge < -0.3 is 10.2 Å². The number of hydrogen-bond donors (Lipinski definition) is 1. The Morgan fingerprint density at radius 2 is 1.92 bits per heavy atom. The summed E-state index contributed by atoms with van der Waals surface area (Å²) in [5.74, 6) is 2.70. The largest absolute Gasteiger partial charge is 0.334 e. The van der Waals surface area contributed by atoms with Crippen LogP contribution in [0, 0.1) is 11.8 Å². The minimum atomic E-state index is -0.120. The number of likely N-dealkylation sites (N-methyl/N-ethyl adjacent to an activating group) is 1. The fourth-order valence-electron chi connectivity index (χ4n) is 6.34. The number of amides is 1. The predicted octanol–water partition coefficient (Wildman–Crippen LogP) is 4.07. The van der Waals surface area contributed by atoms with Crippen LogP contribution < -0.4 is 5.32 Å². The average Bonchev–Trinajstić information content (AvgIpc) is 3.28. The third-order valence-corrected chi connectivity index (χ3v) is 8.27. The molecule has 1 aliphatic heterocycles. The van der Waals surface area contributed by atoms with E-state index < -0.39 is 0 Å². The molecule has 1 amide bonds. The molecule has 5 rings (SSSR count). The van der Waals surface area contributed by atoms with E-state index in [1.54, 1.807) is 11.3 Å². The Kier molecular flexibility index (Phi) is 3.75. The highest BCUT2D eigenvalue weighted by Gasteiger charge is 2.48. The summed E-state index contributed by atoms with van der Waals surface area (Å²) in [6.45, 7) is 0. The number of rotatable bonds is 2. The van der Waals surface area contributed by atoms with Gasteiger partial charge in [-0.25, -0.2) is 0 Å². The van der Waals surface area contributed by atoms with Crippen molar-refractivity contribution in [1.29, 1.82) is 0 Å². The third kappa shape index (κ3) is 2.22. The highest BCUT2D eigenvalue weighted by Crippen LogP contribution is 2.50. The molecule has 3 fully saturated rings. The van der Waals surface area contributed by atoms with Gasteiger partial charge in [0, 0.05) is 22.9 Å². The summed E-state index contributed by atoms with van der Waals surface area (Å²) in [7, 11) is 1.95. The molecule has 1 aromatic heterocycles. The summed E-state index contributed by atoms with van der Waals surface area (Å²) in [6.07, 6.45) is 10.5. The highest BCUT2D eigenvalue weighted by atomic mass is 32.1. The van der Waals surface area contributed by atoms with Gasteiger partial charge >= 0.3 is 0 Å². The van der Waals surface area contributed by atoms with Crippen LogP contribution in [0.1, 0.15) is 73.8 Å². The van der Waals surface area contributed by atoms with Crippen LogP contribution in [0.2, 0.25) is 0 Å². The third-order valence-electron chi connectivity index (χ3n) is 7.27. The Balaban J connectivity index is 1.54. The number of carbonyl (C=O) groups is 1. The Labute approximate surface area is 148 Å². The normalized spacial score (nSPS) is 41.2. The summed E-state index contributed by atoms with van der Waals surface area (Å²) in [4.78, 5) is 17.3. The zero-order chi connectivity index (χ0) is 16.3. The van der Waals surface area contributed by atoms with Gasteiger partial charge in [0.1, 0.15) is 6.04 Å². The maximum absolute atomic E-state index is 13.6.